The minimum absolute atomic E-state index is 0. The van der Waals surface area contributed by atoms with E-state index in [-0.39, 0.29) is 34.7 Å². The first-order chi connectivity index (χ1) is 9.04. The summed E-state index contributed by atoms with van der Waals surface area (Å²) in [4.78, 5) is 33.6. The van der Waals surface area contributed by atoms with E-state index in [1.807, 2.05) is 0 Å². The molecule has 1 heterocycles. The molecule has 6 nitrogen and oxygen atoms in total. The van der Waals surface area contributed by atoms with Crippen molar-refractivity contribution in [2.24, 2.45) is 0 Å². The second kappa shape index (κ2) is 7.04. The summed E-state index contributed by atoms with van der Waals surface area (Å²) in [7, 11) is 0. The van der Waals surface area contributed by atoms with E-state index in [1.165, 1.54) is 6.92 Å². The van der Waals surface area contributed by atoms with Crippen LogP contribution in [-0.4, -0.2) is 23.8 Å². The third-order valence-corrected chi connectivity index (χ3v) is 2.76. The minimum atomic E-state index is -0.426. The first-order valence-corrected chi connectivity index (χ1v) is 6.02. The van der Waals surface area contributed by atoms with Crippen LogP contribution in [0.1, 0.15) is 19.8 Å². The van der Waals surface area contributed by atoms with Gasteiger partial charge in [-0.05, 0) is 24.6 Å². The maximum absolute atomic E-state index is 11.6. The van der Waals surface area contributed by atoms with Gasteiger partial charge in [0.1, 0.15) is 6.04 Å². The van der Waals surface area contributed by atoms with Crippen LogP contribution in [0, 0.1) is 0 Å². The number of piperidine rings is 1. The lowest BCUT2D eigenvalue weighted by atomic mass is 10.1. The van der Waals surface area contributed by atoms with E-state index in [0.29, 0.717) is 18.5 Å². The monoisotopic (exact) mass is 341 g/mol. The summed E-state index contributed by atoms with van der Waals surface area (Å²) in [6.07, 6.45) is 0.795. The Bertz CT molecular complexity index is 533. The molecule has 1 aromatic carbocycles. The number of halogens is 1. The Kier molecular flexibility index (Phi) is 5.69. The van der Waals surface area contributed by atoms with Crippen LogP contribution >= 0.6 is 17.0 Å². The van der Waals surface area contributed by atoms with E-state index in [0.717, 1.165) is 5.69 Å². The van der Waals surface area contributed by atoms with Gasteiger partial charge in [0.05, 0.1) is 0 Å². The number of rotatable bonds is 3. The van der Waals surface area contributed by atoms with Crippen molar-refractivity contribution in [1.29, 1.82) is 0 Å². The maximum Gasteiger partial charge on any atom is 0.249 e. The summed E-state index contributed by atoms with van der Waals surface area (Å²) in [5.41, 5.74) is 1.38. The van der Waals surface area contributed by atoms with Crippen LogP contribution in [-0.2, 0) is 14.4 Å². The highest BCUT2D eigenvalue weighted by Gasteiger charge is 2.26. The lowest BCUT2D eigenvalue weighted by Gasteiger charge is -2.23. The van der Waals surface area contributed by atoms with Gasteiger partial charge in [0, 0.05) is 24.7 Å². The van der Waals surface area contributed by atoms with E-state index in [2.05, 4.69) is 16.0 Å². The molecule has 0 radical (unpaired) electrons. The van der Waals surface area contributed by atoms with Gasteiger partial charge in [0.25, 0.3) is 0 Å². The molecule has 0 aliphatic carbocycles. The molecule has 3 amide bonds. The molecular formula is C13H16BrN3O3. The van der Waals surface area contributed by atoms with Crippen LogP contribution < -0.4 is 16.0 Å². The predicted octanol–water partition coefficient (Wildman–Crippen LogP) is 1.44. The Labute approximate surface area is 127 Å². The van der Waals surface area contributed by atoms with Crippen molar-refractivity contribution in [3.63, 3.8) is 0 Å². The summed E-state index contributed by atoms with van der Waals surface area (Å²) < 4.78 is 0. The van der Waals surface area contributed by atoms with Crippen LogP contribution in [0.4, 0.5) is 11.4 Å². The SMILES string of the molecule is Br.CC(=O)Nc1cccc(NC2CCC(=O)NC2=O)c1. The summed E-state index contributed by atoms with van der Waals surface area (Å²) in [6.45, 7) is 1.43. The summed E-state index contributed by atoms with van der Waals surface area (Å²) >= 11 is 0. The van der Waals surface area contributed by atoms with Gasteiger partial charge in [-0.2, -0.15) is 0 Å². The minimum Gasteiger partial charge on any atom is -0.374 e. The molecule has 7 heteroatoms. The van der Waals surface area contributed by atoms with E-state index in [1.54, 1.807) is 24.3 Å². The number of hydrogen-bond donors (Lipinski definition) is 3. The van der Waals surface area contributed by atoms with Gasteiger partial charge < -0.3 is 10.6 Å². The third kappa shape index (κ3) is 4.34. The van der Waals surface area contributed by atoms with Crippen LogP contribution in [0.5, 0.6) is 0 Å². The Morgan fingerprint density at radius 1 is 1.30 bits per heavy atom. The molecule has 1 unspecified atom stereocenters. The molecule has 2 rings (SSSR count). The summed E-state index contributed by atoms with van der Waals surface area (Å²) in [5, 5.41) is 8.00. The highest BCUT2D eigenvalue weighted by molar-refractivity contribution is 8.93. The molecule has 0 saturated carbocycles. The van der Waals surface area contributed by atoms with Crippen molar-refractivity contribution >= 4 is 46.1 Å². The molecule has 1 fully saturated rings. The van der Waals surface area contributed by atoms with Gasteiger partial charge in [-0.3, -0.25) is 19.7 Å². The quantitative estimate of drug-likeness (QED) is 0.726. The largest absolute Gasteiger partial charge is 0.374 e. The Balaban J connectivity index is 0.00000200. The van der Waals surface area contributed by atoms with E-state index in [9.17, 15) is 14.4 Å². The van der Waals surface area contributed by atoms with Crippen LogP contribution in [0.15, 0.2) is 24.3 Å². The molecule has 0 aromatic heterocycles. The van der Waals surface area contributed by atoms with Crippen LogP contribution in [0.3, 0.4) is 0 Å². The maximum atomic E-state index is 11.6. The van der Waals surface area contributed by atoms with Crippen molar-refractivity contribution in [2.45, 2.75) is 25.8 Å². The fraction of sp³-hybridized carbons (Fsp3) is 0.308. The van der Waals surface area contributed by atoms with Crippen molar-refractivity contribution in [3.05, 3.63) is 24.3 Å². The molecule has 1 aliphatic heterocycles. The first kappa shape index (κ1) is 16.2. The normalized spacial score (nSPS) is 17.8. The molecule has 1 atom stereocenters. The second-order valence-electron chi connectivity index (χ2n) is 4.41. The molecule has 3 N–H and O–H groups in total. The summed E-state index contributed by atoms with van der Waals surface area (Å²) in [5.74, 6) is -0.714. The van der Waals surface area contributed by atoms with E-state index < -0.39 is 6.04 Å². The van der Waals surface area contributed by atoms with Crippen LogP contribution in [0.25, 0.3) is 0 Å². The zero-order valence-corrected chi connectivity index (χ0v) is 12.6. The van der Waals surface area contributed by atoms with Gasteiger partial charge in [0.2, 0.25) is 17.7 Å². The average Bonchev–Trinajstić information content (AvgIpc) is 2.32. The smallest absolute Gasteiger partial charge is 0.249 e. The molecule has 0 spiro atoms. The molecule has 108 valence electrons. The molecule has 1 aromatic rings. The van der Waals surface area contributed by atoms with Gasteiger partial charge in [-0.25, -0.2) is 0 Å². The Morgan fingerprint density at radius 3 is 2.65 bits per heavy atom. The lowest BCUT2D eigenvalue weighted by molar-refractivity contribution is -0.133. The summed E-state index contributed by atoms with van der Waals surface area (Å²) in [6, 6.07) is 6.65. The second-order valence-corrected chi connectivity index (χ2v) is 4.41. The number of carbonyl (C=O) groups is 3. The highest BCUT2D eigenvalue weighted by Crippen LogP contribution is 2.18. The van der Waals surface area contributed by atoms with Gasteiger partial charge in [0.15, 0.2) is 0 Å². The van der Waals surface area contributed by atoms with Gasteiger partial charge >= 0.3 is 0 Å². The number of nitrogens with one attached hydrogen (secondary N) is 3. The van der Waals surface area contributed by atoms with Crippen molar-refractivity contribution in [2.75, 3.05) is 10.6 Å². The number of amides is 3. The van der Waals surface area contributed by atoms with Crippen molar-refractivity contribution in [1.82, 2.24) is 5.32 Å². The number of hydrogen-bond acceptors (Lipinski definition) is 4. The van der Waals surface area contributed by atoms with Gasteiger partial charge in [-0.1, -0.05) is 6.07 Å². The fourth-order valence-electron chi connectivity index (χ4n) is 1.92. The predicted molar refractivity (Wildman–Crippen MR) is 80.9 cm³/mol. The zero-order valence-electron chi connectivity index (χ0n) is 10.9. The zero-order chi connectivity index (χ0) is 13.8. The van der Waals surface area contributed by atoms with Crippen molar-refractivity contribution in [3.8, 4) is 0 Å². The van der Waals surface area contributed by atoms with E-state index >= 15 is 0 Å². The highest BCUT2D eigenvalue weighted by atomic mass is 79.9. The Hall–Kier alpha value is -1.89. The average molecular weight is 342 g/mol. The number of anilines is 2. The molecule has 20 heavy (non-hydrogen) atoms. The van der Waals surface area contributed by atoms with Gasteiger partial charge in [-0.15, -0.1) is 17.0 Å². The molecule has 1 aliphatic rings. The standard InChI is InChI=1S/C13H15N3O3.BrH/c1-8(17)14-9-3-2-4-10(7-9)15-11-5-6-12(18)16-13(11)19;/h2-4,7,11,15H,5-6H2,1H3,(H,14,17)(H,16,18,19);1H. The first-order valence-electron chi connectivity index (χ1n) is 6.02. The van der Waals surface area contributed by atoms with E-state index in [4.69, 9.17) is 0 Å². The van der Waals surface area contributed by atoms with Crippen molar-refractivity contribution < 1.29 is 14.4 Å². The number of benzene rings is 1. The molecule has 1 saturated heterocycles. The Morgan fingerprint density at radius 2 is 2.00 bits per heavy atom. The number of carbonyl (C=O) groups excluding carboxylic acids is 3. The van der Waals surface area contributed by atoms with Crippen LogP contribution in [0.2, 0.25) is 0 Å². The molecular weight excluding hydrogens is 326 g/mol. The third-order valence-electron chi connectivity index (χ3n) is 2.76. The topological polar surface area (TPSA) is 87.3 Å². The molecule has 0 bridgehead atoms. The number of imide groups is 1. The fourth-order valence-corrected chi connectivity index (χ4v) is 1.92. The lowest BCUT2D eigenvalue weighted by Crippen LogP contribution is -2.47.